The Labute approximate surface area is 182 Å². The maximum atomic E-state index is 4.80. The molecule has 2 aliphatic heterocycles. The highest BCUT2D eigenvalue weighted by Gasteiger charge is 2.67. The van der Waals surface area contributed by atoms with Crippen LogP contribution in [-0.2, 0) is 12.0 Å². The van der Waals surface area contributed by atoms with E-state index in [-0.39, 0.29) is 10.9 Å². The molecule has 0 bridgehead atoms. The third kappa shape index (κ3) is 2.97. The van der Waals surface area contributed by atoms with Crippen molar-refractivity contribution in [1.29, 1.82) is 0 Å². The number of aromatic nitrogens is 2. The van der Waals surface area contributed by atoms with Gasteiger partial charge in [0.25, 0.3) is 5.82 Å². The average molecular weight is 403 g/mol. The van der Waals surface area contributed by atoms with E-state index in [4.69, 9.17) is 4.98 Å². The van der Waals surface area contributed by atoms with Crippen molar-refractivity contribution in [1.82, 2.24) is 9.79 Å². The molecule has 0 radical (unpaired) electrons. The highest BCUT2D eigenvalue weighted by Crippen LogP contribution is 2.54. The summed E-state index contributed by atoms with van der Waals surface area (Å²) in [7, 11) is 2.21. The second-order valence-corrected chi connectivity index (χ2v) is 9.44. The SMILES string of the molecule is CCCCc1ccc(-c2cc[n+]3c(c2)N2C=CN(C)B2C(C)(CC)C3(C)CC)nc1. The summed E-state index contributed by atoms with van der Waals surface area (Å²) < 4.78 is 2.51. The molecule has 2 aliphatic rings. The molecule has 0 fully saturated rings. The zero-order chi connectivity index (χ0) is 21.5. The molecule has 4 heterocycles. The van der Waals surface area contributed by atoms with Crippen molar-refractivity contribution >= 4 is 12.8 Å². The number of fused-ring (bicyclic) bond motifs is 3. The number of hydrogen-bond donors (Lipinski definition) is 0. The molecule has 0 aromatic carbocycles. The van der Waals surface area contributed by atoms with E-state index in [1.165, 1.54) is 29.8 Å². The van der Waals surface area contributed by atoms with Gasteiger partial charge in [0.05, 0.1) is 23.4 Å². The third-order valence-corrected chi connectivity index (χ3v) is 8.01. The zero-order valence-corrected chi connectivity index (χ0v) is 19.5. The minimum Gasteiger partial charge on any atom is -0.380 e. The molecule has 30 heavy (non-hydrogen) atoms. The van der Waals surface area contributed by atoms with Crippen molar-refractivity contribution in [3.8, 4) is 11.3 Å². The monoisotopic (exact) mass is 403 g/mol. The van der Waals surface area contributed by atoms with E-state index >= 15 is 0 Å². The summed E-state index contributed by atoms with van der Waals surface area (Å²) in [6.45, 7) is 12.1. The van der Waals surface area contributed by atoms with Crippen LogP contribution in [0.1, 0.15) is 65.9 Å². The first-order valence-electron chi connectivity index (χ1n) is 11.6. The standard InChI is InChI=1S/C25H36BN4/c1-7-10-11-20-12-13-22(27-19-20)21-14-15-29-23(18-21)30-17-16-28(6)26(30)24(4,8-2)25(29,5)9-3/h12-19H,7-11H2,1-6H3/q+1. The van der Waals surface area contributed by atoms with Crippen molar-refractivity contribution in [3.63, 3.8) is 0 Å². The van der Waals surface area contributed by atoms with E-state index in [9.17, 15) is 0 Å². The van der Waals surface area contributed by atoms with Crippen molar-refractivity contribution < 1.29 is 4.57 Å². The van der Waals surface area contributed by atoms with Gasteiger partial charge in [0, 0.05) is 24.0 Å². The first-order valence-corrected chi connectivity index (χ1v) is 11.6. The Morgan fingerprint density at radius 3 is 2.50 bits per heavy atom. The molecule has 5 heteroatoms. The molecule has 2 aromatic heterocycles. The molecular weight excluding hydrogens is 367 g/mol. The first-order chi connectivity index (χ1) is 14.4. The second-order valence-electron chi connectivity index (χ2n) is 9.44. The molecule has 0 saturated carbocycles. The lowest BCUT2D eigenvalue weighted by Gasteiger charge is -2.51. The van der Waals surface area contributed by atoms with Crippen LogP contribution in [-0.4, -0.2) is 23.8 Å². The highest BCUT2D eigenvalue weighted by atomic mass is 15.3. The van der Waals surface area contributed by atoms with Crippen LogP contribution < -0.4 is 9.38 Å². The minimum atomic E-state index is 0.0362. The van der Waals surface area contributed by atoms with Gasteiger partial charge in [-0.1, -0.05) is 40.2 Å². The molecule has 0 aliphatic carbocycles. The van der Waals surface area contributed by atoms with Crippen molar-refractivity contribution in [2.45, 2.75) is 77.6 Å². The van der Waals surface area contributed by atoms with E-state index in [1.807, 2.05) is 6.20 Å². The normalized spacial score (nSPS) is 24.9. The lowest BCUT2D eigenvalue weighted by molar-refractivity contribution is -0.758. The van der Waals surface area contributed by atoms with Gasteiger partial charge in [-0.05, 0) is 57.4 Å². The van der Waals surface area contributed by atoms with Crippen LogP contribution in [0.15, 0.2) is 49.1 Å². The number of aryl methyl sites for hydroxylation is 1. The number of hydrogen-bond acceptors (Lipinski definition) is 3. The van der Waals surface area contributed by atoms with Gasteiger partial charge in [-0.15, -0.1) is 0 Å². The Balaban J connectivity index is 1.79. The topological polar surface area (TPSA) is 23.2 Å². The lowest BCUT2D eigenvalue weighted by atomic mass is 9.39. The summed E-state index contributed by atoms with van der Waals surface area (Å²) in [4.78, 5) is 9.64. The molecule has 4 nitrogen and oxygen atoms in total. The maximum absolute atomic E-state index is 4.80. The number of anilines is 1. The van der Waals surface area contributed by atoms with Gasteiger partial charge in [0.1, 0.15) is 5.54 Å². The fraction of sp³-hybridized carbons (Fsp3) is 0.520. The van der Waals surface area contributed by atoms with Gasteiger partial charge in [0.15, 0.2) is 0 Å². The smallest absolute Gasteiger partial charge is 0.380 e. The number of rotatable bonds is 6. The van der Waals surface area contributed by atoms with Crippen molar-refractivity contribution in [2.75, 3.05) is 11.9 Å². The van der Waals surface area contributed by atoms with Crippen LogP contribution in [0.5, 0.6) is 0 Å². The van der Waals surface area contributed by atoms with Crippen molar-refractivity contribution in [2.24, 2.45) is 0 Å². The Bertz CT molecular complexity index is 941. The molecule has 4 rings (SSSR count). The highest BCUT2D eigenvalue weighted by molar-refractivity contribution is 6.65. The third-order valence-electron chi connectivity index (χ3n) is 8.01. The fourth-order valence-corrected chi connectivity index (χ4v) is 5.57. The zero-order valence-electron chi connectivity index (χ0n) is 19.5. The molecule has 0 spiro atoms. The number of nitrogens with zero attached hydrogens (tertiary/aromatic N) is 4. The predicted molar refractivity (Wildman–Crippen MR) is 126 cm³/mol. The average Bonchev–Trinajstić information content (AvgIpc) is 3.18. The van der Waals surface area contributed by atoms with Crippen LogP contribution in [0.4, 0.5) is 5.82 Å². The summed E-state index contributed by atoms with van der Waals surface area (Å²) >= 11 is 0. The number of pyridine rings is 2. The van der Waals surface area contributed by atoms with Gasteiger partial charge in [0.2, 0.25) is 0 Å². The summed E-state index contributed by atoms with van der Waals surface area (Å²) in [5.74, 6) is 1.25. The number of unbranched alkanes of at least 4 members (excludes halogenated alkanes) is 1. The van der Waals surface area contributed by atoms with Crippen LogP contribution in [0.3, 0.4) is 0 Å². The van der Waals surface area contributed by atoms with Crippen LogP contribution in [0.2, 0.25) is 5.31 Å². The van der Waals surface area contributed by atoms with E-state index in [1.54, 1.807) is 0 Å². The minimum absolute atomic E-state index is 0.0362. The van der Waals surface area contributed by atoms with E-state index in [0.717, 1.165) is 25.0 Å². The van der Waals surface area contributed by atoms with Crippen LogP contribution in [0.25, 0.3) is 11.3 Å². The Kier molecular flexibility index (Phi) is 5.42. The Morgan fingerprint density at radius 1 is 1.07 bits per heavy atom. The van der Waals surface area contributed by atoms with Gasteiger partial charge in [-0.25, -0.2) is 4.57 Å². The lowest BCUT2D eigenvalue weighted by Crippen LogP contribution is -2.73. The summed E-state index contributed by atoms with van der Waals surface area (Å²) in [5.41, 5.74) is 3.60. The molecular formula is C25H36BN4+. The van der Waals surface area contributed by atoms with E-state index in [2.05, 4.69) is 98.7 Å². The van der Waals surface area contributed by atoms with Gasteiger partial charge in [-0.3, -0.25) is 9.79 Å². The van der Waals surface area contributed by atoms with Crippen LogP contribution in [0, 0.1) is 0 Å². The Morgan fingerprint density at radius 2 is 1.87 bits per heavy atom. The summed E-state index contributed by atoms with van der Waals surface area (Å²) in [5, 5.41) is 0.123. The van der Waals surface area contributed by atoms with E-state index < -0.39 is 0 Å². The largest absolute Gasteiger partial charge is 0.511 e. The predicted octanol–water partition coefficient (Wildman–Crippen LogP) is 5.40. The molecule has 2 unspecified atom stereocenters. The molecule has 2 aromatic rings. The van der Waals surface area contributed by atoms with Gasteiger partial charge < -0.3 is 4.81 Å². The first kappa shape index (κ1) is 21.0. The van der Waals surface area contributed by atoms with Crippen molar-refractivity contribution in [3.05, 3.63) is 54.6 Å². The van der Waals surface area contributed by atoms with Gasteiger partial charge in [-0.2, -0.15) is 0 Å². The molecule has 0 amide bonds. The van der Waals surface area contributed by atoms with Gasteiger partial charge >= 0.3 is 6.98 Å². The van der Waals surface area contributed by atoms with E-state index in [0.29, 0.717) is 6.98 Å². The summed E-state index contributed by atoms with van der Waals surface area (Å²) in [6, 6.07) is 8.99. The van der Waals surface area contributed by atoms with Crippen LogP contribution >= 0.6 is 0 Å². The maximum Gasteiger partial charge on any atom is 0.511 e. The summed E-state index contributed by atoms with van der Waals surface area (Å²) in [6.07, 6.45) is 14.6. The molecule has 2 atom stereocenters. The Hall–Kier alpha value is -2.30. The second kappa shape index (κ2) is 7.75. The fourth-order valence-electron chi connectivity index (χ4n) is 5.57. The molecule has 158 valence electrons. The quantitative estimate of drug-likeness (QED) is 0.477. The molecule has 0 N–H and O–H groups in total. The molecule has 0 saturated heterocycles.